The standard InChI is InChI=1S/C17H17BrClNO2/c1-11(2)10-22-16-8-7-12(9-13(16)18)17(21)20-15-6-4-3-5-14(15)19/h3-9,11H,10H2,1-2H3,(H,20,21). The second-order valence-electron chi connectivity index (χ2n) is 5.28. The molecule has 0 unspecified atom stereocenters. The van der Waals surface area contributed by atoms with Gasteiger partial charge in [-0.3, -0.25) is 4.79 Å². The Labute approximate surface area is 143 Å². The van der Waals surface area contributed by atoms with E-state index in [-0.39, 0.29) is 5.91 Å². The fourth-order valence-electron chi connectivity index (χ4n) is 1.77. The van der Waals surface area contributed by atoms with Gasteiger partial charge in [-0.05, 0) is 52.2 Å². The lowest BCUT2D eigenvalue weighted by Gasteiger charge is -2.12. The van der Waals surface area contributed by atoms with Crippen molar-refractivity contribution in [2.75, 3.05) is 11.9 Å². The van der Waals surface area contributed by atoms with Gasteiger partial charge in [0.25, 0.3) is 5.91 Å². The van der Waals surface area contributed by atoms with Crippen molar-refractivity contribution < 1.29 is 9.53 Å². The smallest absolute Gasteiger partial charge is 0.255 e. The molecule has 0 saturated heterocycles. The molecule has 0 spiro atoms. The molecule has 0 aromatic heterocycles. The predicted octanol–water partition coefficient (Wildman–Crippen LogP) is 5.39. The molecule has 1 N–H and O–H groups in total. The molecule has 5 heteroatoms. The second kappa shape index (κ2) is 7.65. The molecule has 116 valence electrons. The first-order chi connectivity index (χ1) is 10.5. The van der Waals surface area contributed by atoms with Crippen molar-refractivity contribution in [2.24, 2.45) is 5.92 Å². The first kappa shape index (κ1) is 16.8. The summed E-state index contributed by atoms with van der Waals surface area (Å²) in [6.45, 7) is 4.79. The number of carbonyl (C=O) groups excluding carboxylic acids is 1. The van der Waals surface area contributed by atoms with Crippen molar-refractivity contribution in [2.45, 2.75) is 13.8 Å². The first-order valence-electron chi connectivity index (χ1n) is 6.95. The summed E-state index contributed by atoms with van der Waals surface area (Å²) in [5, 5.41) is 3.30. The zero-order valence-corrected chi connectivity index (χ0v) is 14.7. The monoisotopic (exact) mass is 381 g/mol. The van der Waals surface area contributed by atoms with Gasteiger partial charge in [-0.15, -0.1) is 0 Å². The fraction of sp³-hybridized carbons (Fsp3) is 0.235. The zero-order chi connectivity index (χ0) is 16.1. The van der Waals surface area contributed by atoms with Crippen molar-refractivity contribution in [1.82, 2.24) is 0 Å². The number of hydrogen-bond donors (Lipinski definition) is 1. The molecule has 0 bridgehead atoms. The van der Waals surface area contributed by atoms with Crippen LogP contribution in [0.4, 0.5) is 5.69 Å². The number of hydrogen-bond acceptors (Lipinski definition) is 2. The highest BCUT2D eigenvalue weighted by Crippen LogP contribution is 2.27. The van der Waals surface area contributed by atoms with Crippen LogP contribution in [0.15, 0.2) is 46.9 Å². The van der Waals surface area contributed by atoms with E-state index in [1.165, 1.54) is 0 Å². The lowest BCUT2D eigenvalue weighted by molar-refractivity contribution is 0.102. The number of amides is 1. The molecule has 2 aromatic rings. The minimum Gasteiger partial charge on any atom is -0.492 e. The fourth-order valence-corrected chi connectivity index (χ4v) is 2.45. The maximum atomic E-state index is 12.3. The van der Waals surface area contributed by atoms with Crippen molar-refractivity contribution in [3.63, 3.8) is 0 Å². The maximum Gasteiger partial charge on any atom is 0.255 e. The van der Waals surface area contributed by atoms with Crippen LogP contribution >= 0.6 is 27.5 Å². The summed E-state index contributed by atoms with van der Waals surface area (Å²) in [6, 6.07) is 12.4. The number of para-hydroxylation sites is 1. The van der Waals surface area contributed by atoms with Gasteiger partial charge in [0.15, 0.2) is 0 Å². The number of rotatable bonds is 5. The van der Waals surface area contributed by atoms with Crippen LogP contribution in [0.5, 0.6) is 5.75 Å². The number of anilines is 1. The van der Waals surface area contributed by atoms with E-state index in [9.17, 15) is 4.79 Å². The largest absolute Gasteiger partial charge is 0.492 e. The minimum atomic E-state index is -0.218. The van der Waals surface area contributed by atoms with Crippen molar-refractivity contribution in [1.29, 1.82) is 0 Å². The number of nitrogens with one attached hydrogen (secondary N) is 1. The molecule has 2 rings (SSSR count). The molecule has 1 amide bonds. The predicted molar refractivity (Wildman–Crippen MR) is 93.9 cm³/mol. The Morgan fingerprint density at radius 3 is 2.64 bits per heavy atom. The van der Waals surface area contributed by atoms with Crippen LogP contribution in [0.25, 0.3) is 0 Å². The van der Waals surface area contributed by atoms with E-state index in [1.54, 1.807) is 30.3 Å². The third-order valence-corrected chi connectivity index (χ3v) is 3.84. The summed E-state index contributed by atoms with van der Waals surface area (Å²) >= 11 is 9.47. The van der Waals surface area contributed by atoms with Gasteiger partial charge < -0.3 is 10.1 Å². The molecule has 0 heterocycles. The molecule has 0 atom stereocenters. The molecular weight excluding hydrogens is 366 g/mol. The van der Waals surface area contributed by atoms with Crippen molar-refractivity contribution in [3.05, 3.63) is 57.5 Å². The van der Waals surface area contributed by atoms with E-state index in [0.717, 1.165) is 10.2 Å². The summed E-state index contributed by atoms with van der Waals surface area (Å²) in [7, 11) is 0. The summed E-state index contributed by atoms with van der Waals surface area (Å²) in [5.41, 5.74) is 1.12. The summed E-state index contributed by atoms with van der Waals surface area (Å²) in [5.74, 6) is 0.947. The average Bonchev–Trinajstić information content (AvgIpc) is 2.48. The van der Waals surface area contributed by atoms with Gasteiger partial charge in [0.1, 0.15) is 5.75 Å². The van der Waals surface area contributed by atoms with Crippen LogP contribution in [0.3, 0.4) is 0 Å². The molecule has 3 nitrogen and oxygen atoms in total. The second-order valence-corrected chi connectivity index (χ2v) is 6.55. The Morgan fingerprint density at radius 1 is 1.27 bits per heavy atom. The Hall–Kier alpha value is -1.52. The molecule has 0 aliphatic carbocycles. The Kier molecular flexibility index (Phi) is 5.86. The average molecular weight is 383 g/mol. The quantitative estimate of drug-likeness (QED) is 0.753. The highest BCUT2D eigenvalue weighted by Gasteiger charge is 2.11. The van der Waals surface area contributed by atoms with Crippen LogP contribution in [-0.2, 0) is 0 Å². The maximum absolute atomic E-state index is 12.3. The lowest BCUT2D eigenvalue weighted by Crippen LogP contribution is -2.12. The van der Waals surface area contributed by atoms with Crippen molar-refractivity contribution >= 4 is 39.1 Å². The number of halogens is 2. The summed E-state index contributed by atoms with van der Waals surface area (Å²) < 4.78 is 6.42. The molecule has 0 radical (unpaired) electrons. The third kappa shape index (κ3) is 4.49. The van der Waals surface area contributed by atoms with Gasteiger partial charge in [0.05, 0.1) is 21.8 Å². The van der Waals surface area contributed by atoms with Crippen LogP contribution in [0.1, 0.15) is 24.2 Å². The SMILES string of the molecule is CC(C)COc1ccc(C(=O)Nc2ccccc2Cl)cc1Br. The normalized spacial score (nSPS) is 10.6. The van der Waals surface area contributed by atoms with E-state index in [1.807, 2.05) is 12.1 Å². The van der Waals surface area contributed by atoms with E-state index >= 15 is 0 Å². The molecular formula is C17H17BrClNO2. The van der Waals surface area contributed by atoms with Crippen LogP contribution in [0, 0.1) is 5.92 Å². The molecule has 22 heavy (non-hydrogen) atoms. The summed E-state index contributed by atoms with van der Waals surface area (Å²) in [4.78, 5) is 12.3. The van der Waals surface area contributed by atoms with Gasteiger partial charge in [0.2, 0.25) is 0 Å². The van der Waals surface area contributed by atoms with E-state index in [4.69, 9.17) is 16.3 Å². The van der Waals surface area contributed by atoms with E-state index in [0.29, 0.717) is 28.8 Å². The first-order valence-corrected chi connectivity index (χ1v) is 8.12. The molecule has 0 aliphatic heterocycles. The van der Waals surface area contributed by atoms with Crippen LogP contribution in [-0.4, -0.2) is 12.5 Å². The van der Waals surface area contributed by atoms with Crippen LogP contribution in [0.2, 0.25) is 5.02 Å². The lowest BCUT2D eigenvalue weighted by atomic mass is 10.2. The topological polar surface area (TPSA) is 38.3 Å². The van der Waals surface area contributed by atoms with Gasteiger partial charge in [0, 0.05) is 5.56 Å². The van der Waals surface area contributed by atoms with Gasteiger partial charge >= 0.3 is 0 Å². The molecule has 0 aliphatic rings. The van der Waals surface area contributed by atoms with Crippen LogP contribution < -0.4 is 10.1 Å². The highest BCUT2D eigenvalue weighted by molar-refractivity contribution is 9.10. The minimum absolute atomic E-state index is 0.218. The number of benzene rings is 2. The van der Waals surface area contributed by atoms with E-state index < -0.39 is 0 Å². The Balaban J connectivity index is 2.11. The Morgan fingerprint density at radius 2 is 2.00 bits per heavy atom. The Bertz CT molecular complexity index is 673. The summed E-state index contributed by atoms with van der Waals surface area (Å²) in [6.07, 6.45) is 0. The van der Waals surface area contributed by atoms with Gasteiger partial charge in [-0.2, -0.15) is 0 Å². The molecule has 0 saturated carbocycles. The highest BCUT2D eigenvalue weighted by atomic mass is 79.9. The van der Waals surface area contributed by atoms with Gasteiger partial charge in [-0.1, -0.05) is 37.6 Å². The van der Waals surface area contributed by atoms with Crippen molar-refractivity contribution in [3.8, 4) is 5.75 Å². The zero-order valence-electron chi connectivity index (χ0n) is 12.4. The number of carbonyl (C=O) groups is 1. The molecule has 2 aromatic carbocycles. The molecule has 0 fully saturated rings. The van der Waals surface area contributed by atoms with E-state index in [2.05, 4.69) is 35.1 Å². The third-order valence-electron chi connectivity index (χ3n) is 2.89. The number of ether oxygens (including phenoxy) is 1. The van der Waals surface area contributed by atoms with Gasteiger partial charge in [-0.25, -0.2) is 0 Å².